The molecule has 0 saturated carbocycles. The zero-order chi connectivity index (χ0) is 20.1. The molecule has 30 heavy (non-hydrogen) atoms. The first-order valence-electron chi connectivity index (χ1n) is 9.51. The molecule has 0 aliphatic heterocycles. The third kappa shape index (κ3) is 5.15. The molecule has 0 fully saturated rings. The number of benzene rings is 2. The summed E-state index contributed by atoms with van der Waals surface area (Å²) in [5.74, 6) is 1.30. The van der Waals surface area contributed by atoms with Crippen LogP contribution >= 0.6 is 24.0 Å². The van der Waals surface area contributed by atoms with Crippen molar-refractivity contribution in [1.29, 1.82) is 0 Å². The van der Waals surface area contributed by atoms with Crippen molar-refractivity contribution in [2.45, 2.75) is 20.0 Å². The highest BCUT2D eigenvalue weighted by Crippen LogP contribution is 2.19. The summed E-state index contributed by atoms with van der Waals surface area (Å²) in [6, 6.07) is 18.4. The fourth-order valence-corrected chi connectivity index (χ4v) is 3.10. The lowest BCUT2D eigenvalue weighted by Crippen LogP contribution is -2.36. The first kappa shape index (κ1) is 21.8. The molecular weight excluding hydrogens is 489 g/mol. The highest BCUT2D eigenvalue weighted by atomic mass is 127. The molecule has 0 atom stereocenters. The molecule has 7 heteroatoms. The van der Waals surface area contributed by atoms with Crippen LogP contribution in [0.5, 0.6) is 0 Å². The molecule has 2 heterocycles. The maximum Gasteiger partial charge on any atom is 0.226 e. The Morgan fingerprint density at radius 1 is 1.00 bits per heavy atom. The number of aryl methyl sites for hydroxylation is 1. The van der Waals surface area contributed by atoms with Crippen LogP contribution in [0.4, 0.5) is 0 Å². The number of nitrogens with one attached hydrogen (secondary N) is 2. The summed E-state index contributed by atoms with van der Waals surface area (Å²) in [6.07, 6.45) is 3.50. The van der Waals surface area contributed by atoms with Gasteiger partial charge in [-0.15, -0.1) is 24.0 Å². The Kier molecular flexibility index (Phi) is 7.40. The van der Waals surface area contributed by atoms with Crippen molar-refractivity contribution < 1.29 is 4.42 Å². The van der Waals surface area contributed by atoms with Gasteiger partial charge >= 0.3 is 0 Å². The van der Waals surface area contributed by atoms with Crippen LogP contribution in [0.1, 0.15) is 17.0 Å². The molecule has 2 aromatic carbocycles. The minimum Gasteiger partial charge on any atom is -0.444 e. The van der Waals surface area contributed by atoms with Crippen LogP contribution in [-0.4, -0.2) is 23.0 Å². The van der Waals surface area contributed by atoms with Crippen molar-refractivity contribution in [2.75, 3.05) is 7.05 Å². The fourth-order valence-electron chi connectivity index (χ4n) is 3.10. The molecule has 0 radical (unpaired) electrons. The molecule has 0 saturated heterocycles. The number of fused-ring (bicyclic) bond motifs is 1. The van der Waals surface area contributed by atoms with Gasteiger partial charge in [-0.1, -0.05) is 42.0 Å². The Morgan fingerprint density at radius 3 is 2.57 bits per heavy atom. The molecule has 6 nitrogen and oxygen atoms in total. The maximum atomic E-state index is 5.61. The van der Waals surface area contributed by atoms with E-state index >= 15 is 0 Å². The van der Waals surface area contributed by atoms with Crippen LogP contribution in [0, 0.1) is 6.92 Å². The molecule has 0 spiro atoms. The van der Waals surface area contributed by atoms with Crippen molar-refractivity contribution in [1.82, 2.24) is 20.6 Å². The molecule has 0 unspecified atom stereocenters. The average molecular weight is 513 g/mol. The lowest BCUT2D eigenvalue weighted by molar-refractivity contribution is 0.572. The number of guanidine groups is 1. The van der Waals surface area contributed by atoms with Gasteiger partial charge in [0.15, 0.2) is 5.96 Å². The van der Waals surface area contributed by atoms with Gasteiger partial charge in [0, 0.05) is 24.2 Å². The summed E-state index contributed by atoms with van der Waals surface area (Å²) in [4.78, 5) is 13.3. The molecule has 4 aromatic rings. The van der Waals surface area contributed by atoms with E-state index in [1.807, 2.05) is 48.7 Å². The number of hydrogen-bond acceptors (Lipinski definition) is 4. The molecular formula is C23H24IN5O. The average Bonchev–Trinajstić information content (AvgIpc) is 3.23. The van der Waals surface area contributed by atoms with Gasteiger partial charge in [0.1, 0.15) is 6.26 Å². The summed E-state index contributed by atoms with van der Waals surface area (Å²) in [5.41, 5.74) is 3.96. The van der Waals surface area contributed by atoms with Gasteiger partial charge in [-0.25, -0.2) is 4.98 Å². The summed E-state index contributed by atoms with van der Waals surface area (Å²) >= 11 is 0. The second kappa shape index (κ2) is 10.2. The molecule has 0 aliphatic carbocycles. The molecule has 0 amide bonds. The molecule has 0 bridgehead atoms. The first-order valence-corrected chi connectivity index (χ1v) is 9.51. The van der Waals surface area contributed by atoms with Crippen LogP contribution in [0.25, 0.3) is 22.2 Å². The minimum absolute atomic E-state index is 0. The van der Waals surface area contributed by atoms with Gasteiger partial charge in [0.25, 0.3) is 0 Å². The van der Waals surface area contributed by atoms with E-state index in [2.05, 4.69) is 44.7 Å². The van der Waals surface area contributed by atoms with Gasteiger partial charge in [-0.05, 0) is 30.5 Å². The predicted octanol–water partition coefficient (Wildman–Crippen LogP) is 4.68. The van der Waals surface area contributed by atoms with Gasteiger partial charge in [0.05, 0.1) is 24.5 Å². The van der Waals surface area contributed by atoms with Crippen LogP contribution in [0.15, 0.2) is 76.5 Å². The number of aliphatic imine (C=N–C) groups is 1. The van der Waals surface area contributed by atoms with Crippen molar-refractivity contribution >= 4 is 40.7 Å². The summed E-state index contributed by atoms with van der Waals surface area (Å²) in [6.45, 7) is 3.15. The first-order chi connectivity index (χ1) is 14.2. The number of halogens is 1. The lowest BCUT2D eigenvalue weighted by Gasteiger charge is -2.11. The van der Waals surface area contributed by atoms with Crippen molar-refractivity contribution in [2.24, 2.45) is 4.99 Å². The van der Waals surface area contributed by atoms with Crippen LogP contribution < -0.4 is 10.6 Å². The predicted molar refractivity (Wildman–Crippen MR) is 131 cm³/mol. The third-order valence-corrected chi connectivity index (χ3v) is 4.69. The van der Waals surface area contributed by atoms with Crippen molar-refractivity contribution in [3.63, 3.8) is 0 Å². The van der Waals surface area contributed by atoms with Gasteiger partial charge in [0.2, 0.25) is 5.89 Å². The number of hydrogen-bond donors (Lipinski definition) is 2. The number of oxazole rings is 1. The van der Waals surface area contributed by atoms with Gasteiger partial charge in [-0.2, -0.15) is 0 Å². The van der Waals surface area contributed by atoms with E-state index in [9.17, 15) is 0 Å². The second-order valence-electron chi connectivity index (χ2n) is 6.77. The number of aromatic nitrogens is 2. The van der Waals surface area contributed by atoms with E-state index in [-0.39, 0.29) is 24.0 Å². The summed E-state index contributed by atoms with van der Waals surface area (Å²) in [5, 5.41) is 8.89. The van der Waals surface area contributed by atoms with Crippen molar-refractivity contribution in [3.05, 3.63) is 84.0 Å². The van der Waals surface area contributed by atoms with Crippen LogP contribution in [0.3, 0.4) is 0 Å². The minimum atomic E-state index is 0. The zero-order valence-electron chi connectivity index (χ0n) is 16.9. The highest BCUT2D eigenvalue weighted by molar-refractivity contribution is 14.0. The second-order valence-corrected chi connectivity index (χ2v) is 6.77. The summed E-state index contributed by atoms with van der Waals surface area (Å²) < 4.78 is 5.61. The standard InChI is InChI=1S/C23H23N5O.HI/c1-16-7-9-18(10-8-16)22-28-19(15-29-22)13-26-23(24-2)27-14-21-20-6-4-3-5-17(20)11-12-25-21;/h3-12,15H,13-14H2,1-2H3,(H2,24,26,27);1H. The zero-order valence-corrected chi connectivity index (χ0v) is 19.3. The van der Waals surface area contributed by atoms with E-state index in [0.29, 0.717) is 24.9 Å². The Balaban J connectivity index is 0.00000256. The van der Waals surface area contributed by atoms with E-state index in [4.69, 9.17) is 4.42 Å². The highest BCUT2D eigenvalue weighted by Gasteiger charge is 2.08. The third-order valence-electron chi connectivity index (χ3n) is 4.69. The van der Waals surface area contributed by atoms with Crippen molar-refractivity contribution in [3.8, 4) is 11.5 Å². The molecule has 2 N–H and O–H groups in total. The maximum absolute atomic E-state index is 5.61. The lowest BCUT2D eigenvalue weighted by atomic mass is 10.1. The smallest absolute Gasteiger partial charge is 0.226 e. The Labute approximate surface area is 192 Å². The number of pyridine rings is 1. The van der Waals surface area contributed by atoms with Gasteiger partial charge < -0.3 is 15.1 Å². The number of nitrogens with zero attached hydrogens (tertiary/aromatic N) is 3. The van der Waals surface area contributed by atoms with E-state index < -0.39 is 0 Å². The normalized spacial score (nSPS) is 11.2. The monoisotopic (exact) mass is 513 g/mol. The van der Waals surface area contributed by atoms with Crippen LogP contribution in [-0.2, 0) is 13.1 Å². The summed E-state index contributed by atoms with van der Waals surface area (Å²) in [7, 11) is 1.74. The van der Waals surface area contributed by atoms with Gasteiger partial charge in [-0.3, -0.25) is 9.98 Å². The Morgan fingerprint density at radius 2 is 1.77 bits per heavy atom. The van der Waals surface area contributed by atoms with E-state index in [1.54, 1.807) is 13.3 Å². The Bertz CT molecular complexity index is 1130. The Hall–Kier alpha value is -2.94. The number of rotatable bonds is 5. The van der Waals surface area contributed by atoms with E-state index in [0.717, 1.165) is 22.3 Å². The molecule has 4 rings (SSSR count). The van der Waals surface area contributed by atoms with E-state index in [1.165, 1.54) is 10.9 Å². The quantitative estimate of drug-likeness (QED) is 0.230. The fraction of sp³-hybridized carbons (Fsp3) is 0.174. The molecule has 154 valence electrons. The SMILES string of the molecule is CN=C(NCc1coc(-c2ccc(C)cc2)n1)NCc1nccc2ccccc12.I. The van der Waals surface area contributed by atoms with Crippen LogP contribution in [0.2, 0.25) is 0 Å². The topological polar surface area (TPSA) is 75.3 Å². The molecule has 0 aliphatic rings. The molecule has 2 aromatic heterocycles. The largest absolute Gasteiger partial charge is 0.444 e.